The maximum atomic E-state index is 12.8. The van der Waals surface area contributed by atoms with Crippen molar-refractivity contribution in [2.45, 2.75) is 24.5 Å². The molecule has 4 rings (SSSR count). The molecule has 6 heteroatoms. The molecule has 0 aliphatic carbocycles. The summed E-state index contributed by atoms with van der Waals surface area (Å²) in [7, 11) is 0. The number of nitrogens with one attached hydrogen (secondary N) is 3. The lowest BCUT2D eigenvalue weighted by molar-refractivity contribution is -0.123. The van der Waals surface area contributed by atoms with E-state index in [9.17, 15) is 4.79 Å². The molecule has 0 radical (unpaired) electrons. The van der Waals surface area contributed by atoms with Crippen LogP contribution < -0.4 is 16.2 Å². The molecule has 2 aliphatic heterocycles. The van der Waals surface area contributed by atoms with Crippen LogP contribution in [0.4, 0.5) is 0 Å². The number of amides is 1. The molecule has 3 unspecified atom stereocenters. The summed E-state index contributed by atoms with van der Waals surface area (Å²) in [5, 5.41) is 3.17. The van der Waals surface area contributed by atoms with Crippen molar-refractivity contribution in [2.24, 2.45) is 0 Å². The first-order valence-electron chi connectivity index (χ1n) is 10.0. The molecule has 2 saturated heterocycles. The standard InChI is InChI=1S/C22H28N4O2/c27-22(20-15-19(24-25-20)17-7-3-1-4-8-17)23-16-21(18-9-5-2-6-10-18)26-11-13-28-14-12-26/h1-10,19-21,24-25H,11-16H2,(H,23,27). The highest BCUT2D eigenvalue weighted by atomic mass is 16.5. The molecule has 2 heterocycles. The van der Waals surface area contributed by atoms with E-state index in [-0.39, 0.29) is 24.0 Å². The maximum Gasteiger partial charge on any atom is 0.238 e. The Morgan fingerprint density at radius 1 is 1.04 bits per heavy atom. The van der Waals surface area contributed by atoms with Crippen LogP contribution in [0.25, 0.3) is 0 Å². The molecular formula is C22H28N4O2. The first kappa shape index (κ1) is 19.1. The van der Waals surface area contributed by atoms with E-state index in [0.29, 0.717) is 6.54 Å². The Balaban J connectivity index is 1.36. The Morgan fingerprint density at radius 3 is 2.43 bits per heavy atom. The van der Waals surface area contributed by atoms with Gasteiger partial charge >= 0.3 is 0 Å². The van der Waals surface area contributed by atoms with E-state index >= 15 is 0 Å². The first-order valence-corrected chi connectivity index (χ1v) is 10.0. The summed E-state index contributed by atoms with van der Waals surface area (Å²) in [4.78, 5) is 15.2. The van der Waals surface area contributed by atoms with Gasteiger partial charge in [0.2, 0.25) is 5.91 Å². The number of nitrogens with zero attached hydrogens (tertiary/aromatic N) is 1. The normalized spacial score (nSPS) is 24.0. The molecule has 28 heavy (non-hydrogen) atoms. The lowest BCUT2D eigenvalue weighted by atomic mass is 10.0. The Morgan fingerprint density at radius 2 is 1.71 bits per heavy atom. The van der Waals surface area contributed by atoms with Gasteiger partial charge < -0.3 is 10.1 Å². The third-order valence-electron chi connectivity index (χ3n) is 5.56. The van der Waals surface area contributed by atoms with Gasteiger partial charge in [0.05, 0.1) is 19.3 Å². The maximum absolute atomic E-state index is 12.8. The molecule has 6 nitrogen and oxygen atoms in total. The van der Waals surface area contributed by atoms with Crippen LogP contribution in [0.1, 0.15) is 29.6 Å². The van der Waals surface area contributed by atoms with Crippen LogP contribution in [-0.2, 0) is 9.53 Å². The van der Waals surface area contributed by atoms with E-state index in [4.69, 9.17) is 4.74 Å². The minimum Gasteiger partial charge on any atom is -0.379 e. The van der Waals surface area contributed by atoms with Crippen molar-refractivity contribution in [1.82, 2.24) is 21.1 Å². The number of hydrogen-bond donors (Lipinski definition) is 3. The molecule has 2 aromatic rings. The number of ether oxygens (including phenoxy) is 1. The minimum atomic E-state index is -0.230. The summed E-state index contributed by atoms with van der Waals surface area (Å²) in [6, 6.07) is 20.7. The van der Waals surface area contributed by atoms with Crippen molar-refractivity contribution in [1.29, 1.82) is 0 Å². The Labute approximate surface area is 166 Å². The van der Waals surface area contributed by atoms with E-state index in [1.54, 1.807) is 0 Å². The van der Waals surface area contributed by atoms with Gasteiger partial charge in [-0.2, -0.15) is 0 Å². The van der Waals surface area contributed by atoms with Gasteiger partial charge in [-0.1, -0.05) is 60.7 Å². The van der Waals surface area contributed by atoms with E-state index in [0.717, 1.165) is 32.7 Å². The predicted octanol–water partition coefficient (Wildman–Crippen LogP) is 1.78. The van der Waals surface area contributed by atoms with Gasteiger partial charge in [0.25, 0.3) is 0 Å². The second-order valence-corrected chi connectivity index (χ2v) is 7.36. The smallest absolute Gasteiger partial charge is 0.238 e. The zero-order valence-corrected chi connectivity index (χ0v) is 16.0. The minimum absolute atomic E-state index is 0.0418. The second-order valence-electron chi connectivity index (χ2n) is 7.36. The molecule has 2 aliphatic rings. The summed E-state index contributed by atoms with van der Waals surface area (Å²) in [6.07, 6.45) is 0.739. The predicted molar refractivity (Wildman–Crippen MR) is 108 cm³/mol. The topological polar surface area (TPSA) is 65.6 Å². The van der Waals surface area contributed by atoms with Crippen molar-refractivity contribution in [3.63, 3.8) is 0 Å². The molecule has 148 valence electrons. The molecule has 0 aromatic heterocycles. The third kappa shape index (κ3) is 4.59. The summed E-state index contributed by atoms with van der Waals surface area (Å²) in [5.74, 6) is 0.0418. The van der Waals surface area contributed by atoms with Crippen molar-refractivity contribution < 1.29 is 9.53 Å². The monoisotopic (exact) mass is 380 g/mol. The molecule has 2 fully saturated rings. The molecule has 0 bridgehead atoms. The summed E-state index contributed by atoms with van der Waals surface area (Å²) in [6.45, 7) is 3.84. The van der Waals surface area contributed by atoms with Crippen LogP contribution in [-0.4, -0.2) is 49.7 Å². The zero-order chi connectivity index (χ0) is 19.2. The quantitative estimate of drug-likeness (QED) is 0.713. The van der Waals surface area contributed by atoms with E-state index in [1.807, 2.05) is 24.3 Å². The van der Waals surface area contributed by atoms with Crippen LogP contribution >= 0.6 is 0 Å². The van der Waals surface area contributed by atoms with E-state index in [1.165, 1.54) is 11.1 Å². The number of hydrazine groups is 1. The van der Waals surface area contributed by atoms with Gasteiger partial charge in [-0.15, -0.1) is 0 Å². The van der Waals surface area contributed by atoms with Crippen LogP contribution in [0.3, 0.4) is 0 Å². The zero-order valence-electron chi connectivity index (χ0n) is 16.0. The van der Waals surface area contributed by atoms with Gasteiger partial charge in [-0.05, 0) is 17.5 Å². The molecule has 1 amide bonds. The highest BCUT2D eigenvalue weighted by Gasteiger charge is 2.31. The SMILES string of the molecule is O=C(NCC(c1ccccc1)N1CCOCC1)C1CC(c2ccccc2)NN1. The number of hydrogen-bond acceptors (Lipinski definition) is 5. The number of rotatable bonds is 6. The lowest BCUT2D eigenvalue weighted by Crippen LogP contribution is -2.48. The van der Waals surface area contributed by atoms with Crippen molar-refractivity contribution in [3.05, 3.63) is 71.8 Å². The van der Waals surface area contributed by atoms with Crippen LogP contribution in [0, 0.1) is 0 Å². The Hall–Kier alpha value is -2.25. The van der Waals surface area contributed by atoms with E-state index < -0.39 is 0 Å². The van der Waals surface area contributed by atoms with Crippen molar-refractivity contribution >= 4 is 5.91 Å². The number of carbonyl (C=O) groups excluding carboxylic acids is 1. The first-order chi connectivity index (χ1) is 13.8. The van der Waals surface area contributed by atoms with Gasteiger partial charge in [-0.25, -0.2) is 10.9 Å². The van der Waals surface area contributed by atoms with Crippen molar-refractivity contribution in [2.75, 3.05) is 32.8 Å². The summed E-state index contributed by atoms with van der Waals surface area (Å²) < 4.78 is 5.50. The molecule has 0 spiro atoms. The average molecular weight is 380 g/mol. The Kier molecular flexibility index (Phi) is 6.34. The fraction of sp³-hybridized carbons (Fsp3) is 0.409. The van der Waals surface area contributed by atoms with Crippen LogP contribution in [0.2, 0.25) is 0 Å². The molecule has 3 atom stereocenters. The third-order valence-corrected chi connectivity index (χ3v) is 5.56. The fourth-order valence-electron chi connectivity index (χ4n) is 3.97. The molecule has 2 aromatic carbocycles. The van der Waals surface area contributed by atoms with Gasteiger partial charge in [0.1, 0.15) is 6.04 Å². The number of benzene rings is 2. The van der Waals surface area contributed by atoms with Gasteiger partial charge in [0, 0.05) is 25.7 Å². The Bertz CT molecular complexity index is 750. The van der Waals surface area contributed by atoms with Gasteiger partial charge in [0.15, 0.2) is 0 Å². The molecule has 0 saturated carbocycles. The summed E-state index contributed by atoms with van der Waals surface area (Å²) in [5.41, 5.74) is 8.82. The van der Waals surface area contributed by atoms with Crippen LogP contribution in [0.15, 0.2) is 60.7 Å². The highest BCUT2D eigenvalue weighted by molar-refractivity contribution is 5.82. The van der Waals surface area contributed by atoms with Crippen molar-refractivity contribution in [3.8, 4) is 0 Å². The summed E-state index contributed by atoms with van der Waals surface area (Å²) >= 11 is 0. The second kappa shape index (κ2) is 9.30. The van der Waals surface area contributed by atoms with E-state index in [2.05, 4.69) is 57.5 Å². The molecule has 3 N–H and O–H groups in total. The molecular weight excluding hydrogens is 352 g/mol. The number of morpholine rings is 1. The largest absolute Gasteiger partial charge is 0.379 e. The lowest BCUT2D eigenvalue weighted by Gasteiger charge is -2.35. The van der Waals surface area contributed by atoms with Gasteiger partial charge in [-0.3, -0.25) is 9.69 Å². The number of carbonyl (C=O) groups is 1. The highest BCUT2D eigenvalue weighted by Crippen LogP contribution is 2.23. The average Bonchev–Trinajstić information content (AvgIpc) is 3.26. The van der Waals surface area contributed by atoms with Crippen LogP contribution in [0.5, 0.6) is 0 Å². The fourth-order valence-corrected chi connectivity index (χ4v) is 3.97.